The first kappa shape index (κ1) is 15.5. The zero-order valence-electron chi connectivity index (χ0n) is 12.1. The zero-order valence-corrected chi connectivity index (χ0v) is 14.5. The van der Waals surface area contributed by atoms with Crippen LogP contribution in [0.1, 0.15) is 35.2 Å². The Morgan fingerprint density at radius 3 is 2.65 bits per heavy atom. The Balaban J connectivity index is 2.13. The SMILES string of the molecule is CCc1ccc(COc2cc(Br)ccc2C(C)NC)s1. The number of hydrogen-bond donors (Lipinski definition) is 1. The third kappa shape index (κ3) is 3.84. The van der Waals surface area contributed by atoms with E-state index in [9.17, 15) is 0 Å². The van der Waals surface area contributed by atoms with Crippen molar-refractivity contribution >= 4 is 27.3 Å². The van der Waals surface area contributed by atoms with Gasteiger partial charge in [-0.3, -0.25) is 0 Å². The van der Waals surface area contributed by atoms with Crippen LogP contribution in [0.25, 0.3) is 0 Å². The summed E-state index contributed by atoms with van der Waals surface area (Å²) in [5.41, 5.74) is 1.18. The number of hydrogen-bond acceptors (Lipinski definition) is 3. The molecule has 1 atom stereocenters. The molecule has 1 aromatic heterocycles. The van der Waals surface area contributed by atoms with Crippen LogP contribution in [-0.4, -0.2) is 7.05 Å². The molecule has 0 aliphatic heterocycles. The van der Waals surface area contributed by atoms with Crippen molar-refractivity contribution < 1.29 is 4.74 Å². The molecule has 2 aromatic rings. The van der Waals surface area contributed by atoms with Gasteiger partial charge in [0.05, 0.1) is 0 Å². The molecule has 1 N–H and O–H groups in total. The summed E-state index contributed by atoms with van der Waals surface area (Å²) < 4.78 is 7.07. The van der Waals surface area contributed by atoms with E-state index in [1.54, 1.807) is 0 Å². The fraction of sp³-hybridized carbons (Fsp3) is 0.375. The average molecular weight is 354 g/mol. The summed E-state index contributed by atoms with van der Waals surface area (Å²) >= 11 is 5.34. The second kappa shape index (κ2) is 7.25. The standard InChI is InChI=1S/C16H20BrNOS/c1-4-13-6-7-14(20-13)10-19-16-9-12(17)5-8-15(16)11(2)18-3/h5-9,11,18H,4,10H2,1-3H3. The largest absolute Gasteiger partial charge is 0.488 e. The molecule has 1 aromatic carbocycles. The molecule has 0 amide bonds. The highest BCUT2D eigenvalue weighted by molar-refractivity contribution is 9.10. The second-order valence-corrected chi connectivity index (χ2v) is 6.87. The molecule has 2 nitrogen and oxygen atoms in total. The molecule has 0 saturated carbocycles. The van der Waals surface area contributed by atoms with Crippen LogP contribution in [0.3, 0.4) is 0 Å². The van der Waals surface area contributed by atoms with Gasteiger partial charge >= 0.3 is 0 Å². The van der Waals surface area contributed by atoms with Gasteiger partial charge in [-0.15, -0.1) is 11.3 Å². The minimum atomic E-state index is 0.271. The topological polar surface area (TPSA) is 21.3 Å². The van der Waals surface area contributed by atoms with Crippen LogP contribution in [0.5, 0.6) is 5.75 Å². The van der Waals surface area contributed by atoms with E-state index in [0.717, 1.165) is 16.6 Å². The highest BCUT2D eigenvalue weighted by Gasteiger charge is 2.11. The number of rotatable bonds is 6. The summed E-state index contributed by atoms with van der Waals surface area (Å²) in [6.07, 6.45) is 1.09. The van der Waals surface area contributed by atoms with Crippen molar-refractivity contribution in [1.82, 2.24) is 5.32 Å². The summed E-state index contributed by atoms with van der Waals surface area (Å²) in [7, 11) is 1.96. The van der Waals surface area contributed by atoms with E-state index in [-0.39, 0.29) is 6.04 Å². The Hall–Kier alpha value is -0.840. The average Bonchev–Trinajstić information content (AvgIpc) is 2.92. The van der Waals surface area contributed by atoms with E-state index < -0.39 is 0 Å². The van der Waals surface area contributed by atoms with Crippen LogP contribution in [0.2, 0.25) is 0 Å². The van der Waals surface area contributed by atoms with Crippen molar-refractivity contribution in [1.29, 1.82) is 0 Å². The predicted molar refractivity (Wildman–Crippen MR) is 89.6 cm³/mol. The van der Waals surface area contributed by atoms with E-state index in [1.165, 1.54) is 15.3 Å². The summed E-state index contributed by atoms with van der Waals surface area (Å²) in [6.45, 7) is 4.94. The maximum absolute atomic E-state index is 6.03. The lowest BCUT2D eigenvalue weighted by atomic mass is 10.1. The highest BCUT2D eigenvalue weighted by atomic mass is 79.9. The van der Waals surface area contributed by atoms with Gasteiger partial charge < -0.3 is 10.1 Å². The van der Waals surface area contributed by atoms with Gasteiger partial charge in [0.25, 0.3) is 0 Å². The maximum atomic E-state index is 6.03. The normalized spacial score (nSPS) is 12.4. The first-order chi connectivity index (χ1) is 9.63. The van der Waals surface area contributed by atoms with Crippen molar-refractivity contribution in [2.75, 3.05) is 7.05 Å². The van der Waals surface area contributed by atoms with Gasteiger partial charge in [-0.1, -0.05) is 28.9 Å². The van der Waals surface area contributed by atoms with Crippen LogP contribution < -0.4 is 10.1 Å². The molecule has 0 aliphatic carbocycles. The number of halogens is 1. The van der Waals surface area contributed by atoms with E-state index in [0.29, 0.717) is 6.61 Å². The van der Waals surface area contributed by atoms with Crippen molar-refractivity contribution in [3.63, 3.8) is 0 Å². The molecule has 0 radical (unpaired) electrons. The number of thiophene rings is 1. The van der Waals surface area contributed by atoms with Gasteiger partial charge in [0.2, 0.25) is 0 Å². The minimum absolute atomic E-state index is 0.271. The number of nitrogens with one attached hydrogen (secondary N) is 1. The molecule has 1 unspecified atom stereocenters. The Morgan fingerprint density at radius 1 is 1.25 bits per heavy atom. The minimum Gasteiger partial charge on any atom is -0.488 e. The Bertz CT molecular complexity index is 567. The Kier molecular flexibility index (Phi) is 5.64. The maximum Gasteiger partial charge on any atom is 0.125 e. The van der Waals surface area contributed by atoms with Crippen LogP contribution in [0.15, 0.2) is 34.8 Å². The van der Waals surface area contributed by atoms with Crippen molar-refractivity contribution in [2.45, 2.75) is 32.9 Å². The quantitative estimate of drug-likeness (QED) is 0.794. The van der Waals surface area contributed by atoms with Gasteiger partial charge in [0, 0.05) is 25.8 Å². The van der Waals surface area contributed by atoms with Crippen LogP contribution in [0, 0.1) is 0 Å². The van der Waals surface area contributed by atoms with E-state index in [4.69, 9.17) is 4.74 Å². The number of benzene rings is 1. The molecular formula is C16H20BrNOS. The smallest absolute Gasteiger partial charge is 0.125 e. The molecule has 0 bridgehead atoms. The fourth-order valence-electron chi connectivity index (χ4n) is 1.99. The Morgan fingerprint density at radius 2 is 2.00 bits per heavy atom. The van der Waals surface area contributed by atoms with E-state index in [1.807, 2.05) is 24.5 Å². The molecule has 0 spiro atoms. The fourth-order valence-corrected chi connectivity index (χ4v) is 3.20. The molecule has 108 valence electrons. The molecule has 4 heteroatoms. The third-order valence-corrected chi connectivity index (χ3v) is 5.01. The van der Waals surface area contributed by atoms with Gasteiger partial charge in [-0.2, -0.15) is 0 Å². The third-order valence-electron chi connectivity index (χ3n) is 3.31. The summed E-state index contributed by atoms with van der Waals surface area (Å²) in [5, 5.41) is 3.26. The van der Waals surface area contributed by atoms with Crippen molar-refractivity contribution in [2.24, 2.45) is 0 Å². The van der Waals surface area contributed by atoms with Gasteiger partial charge in [0.15, 0.2) is 0 Å². The number of ether oxygens (including phenoxy) is 1. The van der Waals surface area contributed by atoms with Crippen LogP contribution in [0.4, 0.5) is 0 Å². The monoisotopic (exact) mass is 353 g/mol. The van der Waals surface area contributed by atoms with E-state index in [2.05, 4.69) is 59.4 Å². The summed E-state index contributed by atoms with van der Waals surface area (Å²) in [4.78, 5) is 2.67. The molecule has 2 rings (SSSR count). The lowest BCUT2D eigenvalue weighted by Gasteiger charge is -2.16. The Labute approximate surface area is 133 Å². The van der Waals surface area contributed by atoms with Gasteiger partial charge in [-0.05, 0) is 44.7 Å². The molecule has 1 heterocycles. The van der Waals surface area contributed by atoms with Crippen molar-refractivity contribution in [3.8, 4) is 5.75 Å². The molecule has 0 aliphatic rings. The van der Waals surface area contributed by atoms with E-state index >= 15 is 0 Å². The number of aryl methyl sites for hydroxylation is 1. The van der Waals surface area contributed by atoms with Crippen LogP contribution >= 0.6 is 27.3 Å². The first-order valence-electron chi connectivity index (χ1n) is 6.81. The zero-order chi connectivity index (χ0) is 14.5. The second-order valence-electron chi connectivity index (χ2n) is 4.70. The summed E-state index contributed by atoms with van der Waals surface area (Å²) in [5.74, 6) is 0.938. The van der Waals surface area contributed by atoms with Gasteiger partial charge in [0.1, 0.15) is 12.4 Å². The lowest BCUT2D eigenvalue weighted by molar-refractivity contribution is 0.303. The first-order valence-corrected chi connectivity index (χ1v) is 8.42. The molecule has 0 saturated heterocycles. The predicted octanol–water partition coefficient (Wildman–Crippen LogP) is 4.93. The molecule has 20 heavy (non-hydrogen) atoms. The molecule has 0 fully saturated rings. The molecular weight excluding hydrogens is 334 g/mol. The van der Waals surface area contributed by atoms with Crippen molar-refractivity contribution in [3.05, 3.63) is 50.1 Å². The van der Waals surface area contributed by atoms with Crippen LogP contribution in [-0.2, 0) is 13.0 Å². The highest BCUT2D eigenvalue weighted by Crippen LogP contribution is 2.30. The van der Waals surface area contributed by atoms with Gasteiger partial charge in [-0.25, -0.2) is 0 Å². The summed E-state index contributed by atoms with van der Waals surface area (Å²) in [6, 6.07) is 10.8. The lowest BCUT2D eigenvalue weighted by Crippen LogP contribution is -2.13.